The number of rotatable bonds is 6. The minimum atomic E-state index is -0.970. The average molecular weight is 365 g/mol. The second-order valence-corrected chi connectivity index (χ2v) is 5.61. The largest absolute Gasteiger partial charge is 0.404 e. The molecular formula is C17H18ClFN4O2. The highest BCUT2D eigenvalue weighted by molar-refractivity contribution is 6.30. The van der Waals surface area contributed by atoms with E-state index in [0.717, 1.165) is 6.20 Å². The summed E-state index contributed by atoms with van der Waals surface area (Å²) in [5.41, 5.74) is 6.42. The number of aromatic nitrogens is 2. The summed E-state index contributed by atoms with van der Waals surface area (Å²) in [5.74, 6) is -0.955. The minimum absolute atomic E-state index is 0.0769. The van der Waals surface area contributed by atoms with E-state index >= 15 is 0 Å². The van der Waals surface area contributed by atoms with E-state index in [9.17, 15) is 14.3 Å². The number of aliphatic hydroxyl groups is 1. The summed E-state index contributed by atoms with van der Waals surface area (Å²) < 4.78 is 14.8. The quantitative estimate of drug-likeness (QED) is 0.468. The van der Waals surface area contributed by atoms with Gasteiger partial charge in [0.25, 0.3) is 0 Å². The van der Waals surface area contributed by atoms with Gasteiger partial charge in [-0.15, -0.1) is 0 Å². The Morgan fingerprint density at radius 3 is 2.84 bits per heavy atom. The summed E-state index contributed by atoms with van der Waals surface area (Å²) >= 11 is 5.97. The number of aliphatic hydroxyl groups excluding tert-OH is 1. The van der Waals surface area contributed by atoms with Crippen molar-refractivity contribution in [3.8, 4) is 5.69 Å². The number of aliphatic imine (C=N–C) groups is 1. The van der Waals surface area contributed by atoms with E-state index in [1.165, 1.54) is 42.1 Å². The van der Waals surface area contributed by atoms with Crippen LogP contribution >= 0.6 is 11.6 Å². The second kappa shape index (κ2) is 8.04. The number of hydrogen-bond donors (Lipinski definition) is 2. The monoisotopic (exact) mass is 364 g/mol. The van der Waals surface area contributed by atoms with Crippen LogP contribution in [0.25, 0.3) is 5.69 Å². The fraction of sp³-hybridized carbons (Fsp3) is 0.235. The minimum Gasteiger partial charge on any atom is -0.404 e. The molecule has 25 heavy (non-hydrogen) atoms. The Balaban J connectivity index is 2.60. The van der Waals surface area contributed by atoms with Gasteiger partial charge in [0.05, 0.1) is 17.4 Å². The fourth-order valence-electron chi connectivity index (χ4n) is 2.27. The average Bonchev–Trinajstić information content (AvgIpc) is 2.96. The number of halogens is 2. The number of carbonyl (C=O) groups excluding carboxylic acids is 1. The molecule has 2 rings (SSSR count). The van der Waals surface area contributed by atoms with Gasteiger partial charge < -0.3 is 10.8 Å². The molecule has 0 spiro atoms. The number of ketones is 1. The van der Waals surface area contributed by atoms with Crippen molar-refractivity contribution in [3.63, 3.8) is 0 Å². The maximum atomic E-state index is 13.5. The lowest BCUT2D eigenvalue weighted by Gasteiger charge is -2.14. The van der Waals surface area contributed by atoms with Crippen molar-refractivity contribution >= 4 is 23.6 Å². The van der Waals surface area contributed by atoms with Crippen LogP contribution in [0.5, 0.6) is 0 Å². The Hall–Kier alpha value is -2.51. The van der Waals surface area contributed by atoms with Crippen molar-refractivity contribution < 1.29 is 14.3 Å². The van der Waals surface area contributed by atoms with E-state index in [2.05, 4.69) is 10.1 Å². The van der Waals surface area contributed by atoms with Crippen LogP contribution in [-0.2, 0) is 0 Å². The number of benzene rings is 1. The van der Waals surface area contributed by atoms with Crippen molar-refractivity contribution in [1.82, 2.24) is 9.78 Å². The van der Waals surface area contributed by atoms with Gasteiger partial charge in [0, 0.05) is 30.6 Å². The molecule has 1 atom stereocenters. The zero-order chi connectivity index (χ0) is 18.6. The molecule has 132 valence electrons. The zero-order valence-electron chi connectivity index (χ0n) is 13.8. The van der Waals surface area contributed by atoms with Gasteiger partial charge >= 0.3 is 0 Å². The normalized spacial score (nSPS) is 13.4. The summed E-state index contributed by atoms with van der Waals surface area (Å²) in [6.07, 6.45) is 1.55. The van der Waals surface area contributed by atoms with Crippen LogP contribution in [0.4, 0.5) is 4.39 Å². The van der Waals surface area contributed by atoms with E-state index in [-0.39, 0.29) is 22.0 Å². The summed E-state index contributed by atoms with van der Waals surface area (Å²) in [4.78, 5) is 16.8. The number of Topliss-reactive ketones (excluding diaryl/α,β-unsaturated/α-hetero) is 1. The Kier molecular flexibility index (Phi) is 6.06. The van der Waals surface area contributed by atoms with Gasteiger partial charge in [-0.2, -0.15) is 5.10 Å². The lowest BCUT2D eigenvalue weighted by Crippen LogP contribution is -2.15. The number of carbonyl (C=O) groups is 1. The number of nitrogens with zero attached hydrogens (tertiary/aromatic N) is 3. The van der Waals surface area contributed by atoms with Gasteiger partial charge in [-0.1, -0.05) is 11.6 Å². The molecule has 0 aliphatic rings. The first-order chi connectivity index (χ1) is 11.9. The van der Waals surface area contributed by atoms with Crippen LogP contribution in [0, 0.1) is 5.82 Å². The first kappa shape index (κ1) is 18.8. The van der Waals surface area contributed by atoms with Crippen LogP contribution in [0.2, 0.25) is 5.15 Å². The van der Waals surface area contributed by atoms with Crippen LogP contribution in [-0.4, -0.2) is 33.4 Å². The molecule has 6 nitrogen and oxygen atoms in total. The van der Waals surface area contributed by atoms with Gasteiger partial charge in [-0.25, -0.2) is 9.07 Å². The Morgan fingerprint density at radius 2 is 2.24 bits per heavy atom. The lowest BCUT2D eigenvalue weighted by molar-refractivity contribution is 0.103. The molecule has 0 aliphatic heterocycles. The van der Waals surface area contributed by atoms with Crippen LogP contribution < -0.4 is 5.73 Å². The topological polar surface area (TPSA) is 93.5 Å². The third-order valence-electron chi connectivity index (χ3n) is 3.43. The summed E-state index contributed by atoms with van der Waals surface area (Å²) in [7, 11) is 0. The molecule has 0 fully saturated rings. The Morgan fingerprint density at radius 1 is 1.52 bits per heavy atom. The van der Waals surface area contributed by atoms with E-state index < -0.39 is 17.7 Å². The third kappa shape index (κ3) is 4.12. The molecule has 8 heteroatoms. The maximum absolute atomic E-state index is 13.5. The summed E-state index contributed by atoms with van der Waals surface area (Å²) in [6, 6.07) is 5.19. The van der Waals surface area contributed by atoms with Gasteiger partial charge in [0.2, 0.25) is 5.78 Å². The summed E-state index contributed by atoms with van der Waals surface area (Å²) in [6.45, 7) is 3.81. The smallest absolute Gasteiger partial charge is 0.214 e. The molecule has 0 aliphatic carbocycles. The van der Waals surface area contributed by atoms with Gasteiger partial charge in [0.15, 0.2) is 5.15 Å². The zero-order valence-corrected chi connectivity index (χ0v) is 14.5. The first-order valence-electron chi connectivity index (χ1n) is 7.58. The standard InChI is InChI=1S/C17H18ClFN4O2/c1-3-21-9-11(8-20)17(25)15-7-16(18)22-23(15)14-5-4-12(19)6-13(14)10(2)24/h4-10,24H,3,20H2,1-2H3. The van der Waals surface area contributed by atoms with E-state index in [4.69, 9.17) is 17.3 Å². The predicted octanol–water partition coefficient (Wildman–Crippen LogP) is 2.83. The Bertz CT molecular complexity index is 843. The fourth-order valence-corrected chi connectivity index (χ4v) is 2.44. The molecule has 1 unspecified atom stereocenters. The van der Waals surface area contributed by atoms with Crippen molar-refractivity contribution in [2.45, 2.75) is 20.0 Å². The number of allylic oxidation sites excluding steroid dienone is 1. The van der Waals surface area contributed by atoms with Gasteiger partial charge in [-0.05, 0) is 32.0 Å². The maximum Gasteiger partial charge on any atom is 0.214 e. The van der Waals surface area contributed by atoms with Crippen LogP contribution in [0.3, 0.4) is 0 Å². The molecule has 2 aromatic rings. The number of hydrogen-bond acceptors (Lipinski definition) is 5. The first-order valence-corrected chi connectivity index (χ1v) is 7.96. The van der Waals surface area contributed by atoms with Gasteiger partial charge in [-0.3, -0.25) is 9.79 Å². The van der Waals surface area contributed by atoms with Gasteiger partial charge in [0.1, 0.15) is 11.5 Å². The van der Waals surface area contributed by atoms with Crippen LogP contribution in [0.15, 0.2) is 41.0 Å². The Labute approximate surface area is 149 Å². The molecule has 1 heterocycles. The molecule has 0 amide bonds. The molecule has 0 saturated heterocycles. The molecular weight excluding hydrogens is 347 g/mol. The highest BCUT2D eigenvalue weighted by Gasteiger charge is 2.21. The highest BCUT2D eigenvalue weighted by Crippen LogP contribution is 2.26. The van der Waals surface area contributed by atoms with Crippen molar-refractivity contribution in [3.05, 3.63) is 58.3 Å². The van der Waals surface area contributed by atoms with E-state index in [0.29, 0.717) is 12.2 Å². The van der Waals surface area contributed by atoms with Crippen molar-refractivity contribution in [2.24, 2.45) is 10.7 Å². The van der Waals surface area contributed by atoms with Crippen molar-refractivity contribution in [1.29, 1.82) is 0 Å². The van der Waals surface area contributed by atoms with E-state index in [1.54, 1.807) is 0 Å². The molecule has 0 saturated carbocycles. The summed E-state index contributed by atoms with van der Waals surface area (Å²) in [5, 5.41) is 14.1. The SMILES string of the molecule is CCN=CC(=CN)C(=O)c1cc(Cl)nn1-c1ccc(F)cc1C(C)O. The van der Waals surface area contributed by atoms with E-state index in [1.807, 2.05) is 6.92 Å². The van der Waals surface area contributed by atoms with Crippen molar-refractivity contribution in [2.75, 3.05) is 6.54 Å². The molecule has 0 bridgehead atoms. The third-order valence-corrected chi connectivity index (χ3v) is 3.62. The number of nitrogens with two attached hydrogens (primary N) is 1. The molecule has 3 N–H and O–H groups in total. The predicted molar refractivity (Wildman–Crippen MR) is 94.8 cm³/mol. The lowest BCUT2D eigenvalue weighted by atomic mass is 10.1. The molecule has 1 aromatic carbocycles. The highest BCUT2D eigenvalue weighted by atomic mass is 35.5. The second-order valence-electron chi connectivity index (χ2n) is 5.22. The molecule has 0 radical (unpaired) electrons. The van der Waals surface area contributed by atoms with Crippen LogP contribution in [0.1, 0.15) is 36.0 Å². The molecule has 1 aromatic heterocycles.